The SMILES string of the molecule is Cc1cccc(CSc2ncc(CO)n2CCC(c2ccccc2)c2ccccc2)c1. The van der Waals surface area contributed by atoms with E-state index in [9.17, 15) is 5.11 Å². The quantitative estimate of drug-likeness (QED) is 0.323. The highest BCUT2D eigenvalue weighted by Gasteiger charge is 2.17. The number of thioether (sulfide) groups is 1. The van der Waals surface area contributed by atoms with E-state index in [4.69, 9.17) is 0 Å². The van der Waals surface area contributed by atoms with Crippen LogP contribution in [-0.2, 0) is 18.9 Å². The van der Waals surface area contributed by atoms with E-state index in [2.05, 4.69) is 101 Å². The lowest BCUT2D eigenvalue weighted by atomic mass is 9.88. The molecule has 4 rings (SSSR count). The molecule has 0 fully saturated rings. The lowest BCUT2D eigenvalue weighted by Crippen LogP contribution is -2.10. The maximum atomic E-state index is 9.88. The van der Waals surface area contributed by atoms with E-state index in [1.54, 1.807) is 18.0 Å². The van der Waals surface area contributed by atoms with Crippen LogP contribution in [0.4, 0.5) is 0 Å². The van der Waals surface area contributed by atoms with Gasteiger partial charge in [-0.2, -0.15) is 0 Å². The molecule has 3 aromatic carbocycles. The summed E-state index contributed by atoms with van der Waals surface area (Å²) in [6.07, 6.45) is 2.74. The highest BCUT2D eigenvalue weighted by Crippen LogP contribution is 2.30. The fourth-order valence-electron chi connectivity index (χ4n) is 3.98. The molecule has 4 aromatic rings. The highest BCUT2D eigenvalue weighted by molar-refractivity contribution is 7.98. The molecule has 0 aliphatic rings. The van der Waals surface area contributed by atoms with Gasteiger partial charge in [-0.05, 0) is 30.0 Å². The van der Waals surface area contributed by atoms with Crippen LogP contribution >= 0.6 is 11.8 Å². The molecule has 0 amide bonds. The monoisotopic (exact) mass is 428 g/mol. The molecule has 0 saturated carbocycles. The first kappa shape index (κ1) is 21.4. The summed E-state index contributed by atoms with van der Waals surface area (Å²) in [7, 11) is 0. The van der Waals surface area contributed by atoms with E-state index in [1.807, 2.05) is 0 Å². The zero-order valence-electron chi connectivity index (χ0n) is 17.8. The molecular formula is C27H28N2OS. The van der Waals surface area contributed by atoms with Crippen LogP contribution in [0.25, 0.3) is 0 Å². The minimum absolute atomic E-state index is 0.000649. The predicted molar refractivity (Wildman–Crippen MR) is 128 cm³/mol. The first-order valence-electron chi connectivity index (χ1n) is 10.7. The lowest BCUT2D eigenvalue weighted by molar-refractivity contribution is 0.268. The zero-order chi connectivity index (χ0) is 21.5. The van der Waals surface area contributed by atoms with Crippen LogP contribution in [0.5, 0.6) is 0 Å². The van der Waals surface area contributed by atoms with E-state index in [0.717, 1.165) is 29.6 Å². The van der Waals surface area contributed by atoms with Crippen LogP contribution in [0.3, 0.4) is 0 Å². The Labute approximate surface area is 188 Å². The fourth-order valence-corrected chi connectivity index (χ4v) is 4.94. The summed E-state index contributed by atoms with van der Waals surface area (Å²) in [5.74, 6) is 1.16. The number of benzene rings is 3. The smallest absolute Gasteiger partial charge is 0.168 e. The second kappa shape index (κ2) is 10.5. The molecule has 4 heteroatoms. The molecule has 0 spiro atoms. The molecule has 0 aliphatic heterocycles. The number of aromatic nitrogens is 2. The fraction of sp³-hybridized carbons (Fsp3) is 0.222. The van der Waals surface area contributed by atoms with Crippen molar-refractivity contribution in [2.45, 2.75) is 43.3 Å². The topological polar surface area (TPSA) is 38.1 Å². The zero-order valence-corrected chi connectivity index (χ0v) is 18.6. The van der Waals surface area contributed by atoms with Gasteiger partial charge >= 0.3 is 0 Å². The number of hydrogen-bond donors (Lipinski definition) is 1. The van der Waals surface area contributed by atoms with Gasteiger partial charge in [0.2, 0.25) is 0 Å². The van der Waals surface area contributed by atoms with E-state index >= 15 is 0 Å². The summed E-state index contributed by atoms with van der Waals surface area (Å²) in [4.78, 5) is 4.61. The van der Waals surface area contributed by atoms with Crippen molar-refractivity contribution in [2.75, 3.05) is 0 Å². The Morgan fingerprint density at radius 2 is 1.58 bits per heavy atom. The van der Waals surface area contributed by atoms with Gasteiger partial charge in [0, 0.05) is 18.2 Å². The van der Waals surface area contributed by atoms with Crippen LogP contribution in [0.15, 0.2) is 96.3 Å². The average Bonchev–Trinajstić information content (AvgIpc) is 3.21. The maximum absolute atomic E-state index is 9.88. The van der Waals surface area contributed by atoms with Crippen molar-refractivity contribution in [1.29, 1.82) is 0 Å². The minimum atomic E-state index is -0.000649. The third kappa shape index (κ3) is 5.46. The van der Waals surface area contributed by atoms with Crippen molar-refractivity contribution in [3.05, 3.63) is 119 Å². The third-order valence-electron chi connectivity index (χ3n) is 5.56. The summed E-state index contributed by atoms with van der Waals surface area (Å²) in [5, 5.41) is 10.8. The number of aliphatic hydroxyl groups excluding tert-OH is 1. The van der Waals surface area contributed by atoms with E-state index in [1.165, 1.54) is 22.3 Å². The lowest BCUT2D eigenvalue weighted by Gasteiger charge is -2.20. The molecule has 0 unspecified atom stereocenters. The Bertz CT molecular complexity index is 1050. The van der Waals surface area contributed by atoms with Crippen molar-refractivity contribution in [3.8, 4) is 0 Å². The number of rotatable bonds is 9. The Hall–Kier alpha value is -2.82. The molecule has 0 aliphatic carbocycles. The van der Waals surface area contributed by atoms with Crippen molar-refractivity contribution in [2.24, 2.45) is 0 Å². The molecule has 1 N–H and O–H groups in total. The van der Waals surface area contributed by atoms with Gasteiger partial charge in [-0.25, -0.2) is 4.98 Å². The normalized spacial score (nSPS) is 11.2. The van der Waals surface area contributed by atoms with Gasteiger partial charge in [0.05, 0.1) is 18.5 Å². The number of hydrogen-bond acceptors (Lipinski definition) is 3. The van der Waals surface area contributed by atoms with Gasteiger partial charge in [0.25, 0.3) is 0 Å². The van der Waals surface area contributed by atoms with Crippen molar-refractivity contribution >= 4 is 11.8 Å². The first-order valence-corrected chi connectivity index (χ1v) is 11.7. The molecule has 0 saturated heterocycles. The molecule has 0 bridgehead atoms. The van der Waals surface area contributed by atoms with Gasteiger partial charge in [0.15, 0.2) is 5.16 Å². The Balaban J connectivity index is 1.54. The van der Waals surface area contributed by atoms with Crippen molar-refractivity contribution < 1.29 is 5.11 Å². The van der Waals surface area contributed by atoms with E-state index in [0.29, 0.717) is 5.92 Å². The number of nitrogens with zero attached hydrogens (tertiary/aromatic N) is 2. The summed E-state index contributed by atoms with van der Waals surface area (Å²) < 4.78 is 2.18. The van der Waals surface area contributed by atoms with Crippen LogP contribution in [-0.4, -0.2) is 14.7 Å². The molecule has 1 heterocycles. The standard InChI is InChI=1S/C27H28N2OS/c1-21-9-8-10-22(17-21)20-31-27-28-18-25(19-30)29(27)16-15-26(23-11-4-2-5-12-23)24-13-6-3-7-14-24/h2-14,17-18,26,30H,15-16,19-20H2,1H3. The average molecular weight is 429 g/mol. The third-order valence-corrected chi connectivity index (χ3v) is 6.62. The van der Waals surface area contributed by atoms with Gasteiger partial charge in [-0.3, -0.25) is 0 Å². The highest BCUT2D eigenvalue weighted by atomic mass is 32.2. The van der Waals surface area contributed by atoms with Gasteiger partial charge in [-0.1, -0.05) is 102 Å². The number of aliphatic hydroxyl groups is 1. The molecule has 0 atom stereocenters. The second-order valence-corrected chi connectivity index (χ2v) is 8.72. The first-order chi connectivity index (χ1) is 15.2. The molecule has 3 nitrogen and oxygen atoms in total. The largest absolute Gasteiger partial charge is 0.390 e. The Morgan fingerprint density at radius 1 is 0.903 bits per heavy atom. The van der Waals surface area contributed by atoms with Gasteiger partial charge in [-0.15, -0.1) is 0 Å². The summed E-state index contributed by atoms with van der Waals surface area (Å²) in [5.41, 5.74) is 6.05. The molecule has 0 radical (unpaired) electrons. The van der Waals surface area contributed by atoms with Crippen LogP contribution in [0.2, 0.25) is 0 Å². The Kier molecular flexibility index (Phi) is 7.23. The molecule has 158 valence electrons. The van der Waals surface area contributed by atoms with Crippen LogP contribution in [0.1, 0.15) is 40.3 Å². The second-order valence-electron chi connectivity index (χ2n) is 7.78. The van der Waals surface area contributed by atoms with Gasteiger partial charge in [0.1, 0.15) is 0 Å². The van der Waals surface area contributed by atoms with Gasteiger partial charge < -0.3 is 9.67 Å². The molecular weight excluding hydrogens is 400 g/mol. The maximum Gasteiger partial charge on any atom is 0.168 e. The minimum Gasteiger partial charge on any atom is -0.390 e. The molecule has 1 aromatic heterocycles. The summed E-state index contributed by atoms with van der Waals surface area (Å²) in [6.45, 7) is 2.92. The summed E-state index contributed by atoms with van der Waals surface area (Å²) in [6, 6.07) is 29.9. The van der Waals surface area contributed by atoms with E-state index in [-0.39, 0.29) is 6.61 Å². The summed E-state index contributed by atoms with van der Waals surface area (Å²) >= 11 is 1.73. The predicted octanol–water partition coefficient (Wildman–Crippen LogP) is 6.20. The Morgan fingerprint density at radius 3 is 2.19 bits per heavy atom. The van der Waals surface area contributed by atoms with Crippen molar-refractivity contribution in [1.82, 2.24) is 9.55 Å². The number of aryl methyl sites for hydroxylation is 1. The molecule has 31 heavy (non-hydrogen) atoms. The van der Waals surface area contributed by atoms with Crippen LogP contribution < -0.4 is 0 Å². The van der Waals surface area contributed by atoms with Crippen molar-refractivity contribution in [3.63, 3.8) is 0 Å². The van der Waals surface area contributed by atoms with Crippen LogP contribution in [0, 0.1) is 6.92 Å². The van der Waals surface area contributed by atoms with E-state index < -0.39 is 0 Å². The number of imidazole rings is 1.